The number of benzene rings is 1. The van der Waals surface area contributed by atoms with Gasteiger partial charge in [0.15, 0.2) is 5.65 Å². The van der Waals surface area contributed by atoms with Crippen molar-refractivity contribution < 1.29 is 13.2 Å². The van der Waals surface area contributed by atoms with Crippen LogP contribution in [0.1, 0.15) is 29.6 Å². The summed E-state index contributed by atoms with van der Waals surface area (Å²) in [4.78, 5) is 25.0. The Morgan fingerprint density at radius 3 is 2.88 bits per heavy atom. The fourth-order valence-corrected chi connectivity index (χ4v) is 5.63. The number of hydrogen-bond donors (Lipinski definition) is 2. The standard InChI is InChI=1S/C21H21ClN6O3S/c1-28-17-7-11(22)3-6-14(17)18(27-28)16-10-24-20-19(26-16)15(9-23-20)21(29)25-12-4-5-13(8-12)32(2,30)31/h3,6-7,9-10,12-13H,4-5,8H2,1-2H3,(H,23,24)(H,25,29). The van der Waals surface area contributed by atoms with Crippen LogP contribution in [0.2, 0.25) is 5.02 Å². The topological polar surface area (TPSA) is 123 Å². The van der Waals surface area contributed by atoms with Crippen molar-refractivity contribution in [2.45, 2.75) is 30.6 Å². The normalized spacial score (nSPS) is 19.1. The molecule has 5 rings (SSSR count). The lowest BCUT2D eigenvalue weighted by Crippen LogP contribution is -2.33. The number of nitrogens with one attached hydrogen (secondary N) is 2. The first-order valence-corrected chi connectivity index (χ1v) is 12.5. The van der Waals surface area contributed by atoms with Crippen molar-refractivity contribution in [2.24, 2.45) is 7.05 Å². The van der Waals surface area contributed by atoms with E-state index in [1.54, 1.807) is 23.1 Å². The lowest BCUT2D eigenvalue weighted by atomic mass is 10.1. The molecule has 0 bridgehead atoms. The summed E-state index contributed by atoms with van der Waals surface area (Å²) in [7, 11) is -1.28. The highest BCUT2D eigenvalue weighted by molar-refractivity contribution is 7.91. The molecular weight excluding hydrogens is 452 g/mol. The second kappa shape index (κ2) is 7.56. The van der Waals surface area contributed by atoms with Crippen LogP contribution in [0, 0.1) is 0 Å². The minimum atomic E-state index is -3.11. The van der Waals surface area contributed by atoms with E-state index in [-0.39, 0.29) is 11.9 Å². The number of carbonyl (C=O) groups is 1. The number of hydrogen-bond acceptors (Lipinski definition) is 6. The van der Waals surface area contributed by atoms with Gasteiger partial charge in [0.1, 0.15) is 26.7 Å². The van der Waals surface area contributed by atoms with E-state index in [2.05, 4.69) is 25.4 Å². The van der Waals surface area contributed by atoms with Crippen molar-refractivity contribution in [1.82, 2.24) is 30.0 Å². The number of aromatic nitrogens is 5. The molecule has 1 saturated carbocycles. The maximum absolute atomic E-state index is 13.0. The predicted molar refractivity (Wildman–Crippen MR) is 122 cm³/mol. The maximum Gasteiger partial charge on any atom is 0.255 e. The van der Waals surface area contributed by atoms with Crippen LogP contribution in [0.3, 0.4) is 0 Å². The van der Waals surface area contributed by atoms with Gasteiger partial charge < -0.3 is 10.3 Å². The molecule has 32 heavy (non-hydrogen) atoms. The number of aromatic amines is 1. The van der Waals surface area contributed by atoms with Crippen molar-refractivity contribution in [3.63, 3.8) is 0 Å². The van der Waals surface area contributed by atoms with Gasteiger partial charge in [-0.05, 0) is 37.5 Å². The number of fused-ring (bicyclic) bond motifs is 2. The summed E-state index contributed by atoms with van der Waals surface area (Å²) in [6, 6.07) is 5.32. The number of halogens is 1. The summed E-state index contributed by atoms with van der Waals surface area (Å²) >= 11 is 6.12. The number of amides is 1. The Morgan fingerprint density at radius 1 is 1.31 bits per heavy atom. The molecular formula is C21H21ClN6O3S. The summed E-state index contributed by atoms with van der Waals surface area (Å²) in [6.07, 6.45) is 6.04. The van der Waals surface area contributed by atoms with Crippen molar-refractivity contribution in [3.05, 3.63) is 41.2 Å². The molecule has 1 aromatic carbocycles. The minimum Gasteiger partial charge on any atom is -0.349 e. The number of aryl methyl sites for hydroxylation is 1. The highest BCUT2D eigenvalue weighted by atomic mass is 35.5. The van der Waals surface area contributed by atoms with Crippen molar-refractivity contribution in [1.29, 1.82) is 0 Å². The molecule has 9 nitrogen and oxygen atoms in total. The molecule has 166 valence electrons. The van der Waals surface area contributed by atoms with Gasteiger partial charge in [-0.15, -0.1) is 0 Å². The number of carbonyl (C=O) groups excluding carboxylic acids is 1. The highest BCUT2D eigenvalue weighted by Crippen LogP contribution is 2.30. The second-order valence-electron chi connectivity index (χ2n) is 8.22. The molecule has 4 aromatic rings. The molecule has 2 atom stereocenters. The Balaban J connectivity index is 1.47. The quantitative estimate of drug-likeness (QED) is 0.470. The summed E-state index contributed by atoms with van der Waals surface area (Å²) in [6.45, 7) is 0. The van der Waals surface area contributed by atoms with Crippen LogP contribution in [0.15, 0.2) is 30.6 Å². The molecule has 1 aliphatic rings. The monoisotopic (exact) mass is 472 g/mol. The molecule has 1 amide bonds. The largest absolute Gasteiger partial charge is 0.349 e. The minimum absolute atomic E-state index is 0.187. The Labute approximate surface area is 189 Å². The zero-order valence-corrected chi connectivity index (χ0v) is 19.0. The van der Waals surface area contributed by atoms with Gasteiger partial charge in [0.25, 0.3) is 5.91 Å². The van der Waals surface area contributed by atoms with Crippen LogP contribution in [0.25, 0.3) is 33.5 Å². The zero-order chi connectivity index (χ0) is 22.6. The van der Waals surface area contributed by atoms with Gasteiger partial charge in [0, 0.05) is 36.0 Å². The first kappa shape index (κ1) is 20.9. The van der Waals surface area contributed by atoms with Gasteiger partial charge in [-0.1, -0.05) is 11.6 Å². The maximum atomic E-state index is 13.0. The van der Waals surface area contributed by atoms with E-state index in [0.717, 1.165) is 10.9 Å². The van der Waals surface area contributed by atoms with E-state index in [4.69, 9.17) is 11.6 Å². The van der Waals surface area contributed by atoms with E-state index in [9.17, 15) is 13.2 Å². The van der Waals surface area contributed by atoms with Crippen LogP contribution >= 0.6 is 11.6 Å². The van der Waals surface area contributed by atoms with Gasteiger partial charge in [0.05, 0.1) is 22.5 Å². The predicted octanol–water partition coefficient (Wildman–Crippen LogP) is 2.86. The first-order chi connectivity index (χ1) is 15.2. The molecule has 0 radical (unpaired) electrons. The third-order valence-corrected chi connectivity index (χ3v) is 7.88. The first-order valence-electron chi connectivity index (χ1n) is 10.2. The van der Waals surface area contributed by atoms with E-state index < -0.39 is 15.1 Å². The SMILES string of the molecule is Cn1nc(-c2cnc3[nH]cc(C(=O)NC4CCC(S(C)(=O)=O)C4)c3n2)c2ccc(Cl)cc21. The molecule has 11 heteroatoms. The molecule has 0 aliphatic heterocycles. The summed E-state index contributed by atoms with van der Waals surface area (Å²) in [5.74, 6) is -0.306. The smallest absolute Gasteiger partial charge is 0.255 e. The Bertz CT molecular complexity index is 1480. The van der Waals surface area contributed by atoms with Crippen LogP contribution in [0.5, 0.6) is 0 Å². The summed E-state index contributed by atoms with van der Waals surface area (Å²) < 4.78 is 25.3. The van der Waals surface area contributed by atoms with Gasteiger partial charge in [0.2, 0.25) is 0 Å². The lowest BCUT2D eigenvalue weighted by molar-refractivity contribution is 0.0939. The van der Waals surface area contributed by atoms with Crippen LogP contribution in [-0.2, 0) is 16.9 Å². The van der Waals surface area contributed by atoms with E-state index >= 15 is 0 Å². The number of sulfone groups is 1. The third-order valence-electron chi connectivity index (χ3n) is 6.01. The van der Waals surface area contributed by atoms with Crippen molar-refractivity contribution in [2.75, 3.05) is 6.26 Å². The number of rotatable bonds is 4. The third kappa shape index (κ3) is 3.63. The Hall–Kier alpha value is -2.98. The summed E-state index contributed by atoms with van der Waals surface area (Å²) in [5.41, 5.74) is 3.33. The molecule has 3 aromatic heterocycles. The fraction of sp³-hybridized carbons (Fsp3) is 0.333. The summed E-state index contributed by atoms with van der Waals surface area (Å²) in [5, 5.41) is 8.60. The molecule has 3 heterocycles. The van der Waals surface area contributed by atoms with Crippen molar-refractivity contribution in [3.8, 4) is 11.4 Å². The average molecular weight is 473 g/mol. The molecule has 1 fully saturated rings. The lowest BCUT2D eigenvalue weighted by Gasteiger charge is -2.12. The zero-order valence-electron chi connectivity index (χ0n) is 17.5. The number of H-pyrrole nitrogens is 1. The second-order valence-corrected chi connectivity index (χ2v) is 11.0. The van der Waals surface area contributed by atoms with Crippen LogP contribution in [-0.4, -0.2) is 56.6 Å². The Morgan fingerprint density at radius 2 is 2.12 bits per heavy atom. The molecule has 2 unspecified atom stereocenters. The van der Waals surface area contributed by atoms with E-state index in [1.165, 1.54) is 6.26 Å². The molecule has 0 saturated heterocycles. The molecule has 2 N–H and O–H groups in total. The van der Waals surface area contributed by atoms with Gasteiger partial charge in [-0.3, -0.25) is 9.48 Å². The molecule has 0 spiro atoms. The highest BCUT2D eigenvalue weighted by Gasteiger charge is 2.32. The fourth-order valence-electron chi connectivity index (χ4n) is 4.32. The average Bonchev–Trinajstić information content (AvgIpc) is 3.45. The van der Waals surface area contributed by atoms with Crippen molar-refractivity contribution >= 4 is 49.4 Å². The van der Waals surface area contributed by atoms with Gasteiger partial charge in [-0.25, -0.2) is 18.4 Å². The van der Waals surface area contributed by atoms with Crippen LogP contribution in [0.4, 0.5) is 0 Å². The van der Waals surface area contributed by atoms with Gasteiger partial charge >= 0.3 is 0 Å². The Kier molecular flexibility index (Phi) is 4.94. The van der Waals surface area contributed by atoms with E-state index in [1.807, 2.05) is 19.2 Å². The number of nitrogens with zero attached hydrogens (tertiary/aromatic N) is 4. The molecule has 1 aliphatic carbocycles. The van der Waals surface area contributed by atoms with Gasteiger partial charge in [-0.2, -0.15) is 5.10 Å². The van der Waals surface area contributed by atoms with E-state index in [0.29, 0.717) is 52.4 Å². The van der Waals surface area contributed by atoms with Crippen LogP contribution < -0.4 is 5.32 Å².